The van der Waals surface area contributed by atoms with Gasteiger partial charge in [-0.1, -0.05) is 24.3 Å². The van der Waals surface area contributed by atoms with Gasteiger partial charge in [0.05, 0.1) is 7.11 Å². The van der Waals surface area contributed by atoms with Crippen molar-refractivity contribution < 1.29 is 14.6 Å². The number of benzene rings is 2. The molecule has 3 rings (SSSR count). The van der Waals surface area contributed by atoms with Gasteiger partial charge in [0.2, 0.25) is 0 Å². The third-order valence-corrected chi connectivity index (χ3v) is 3.63. The molecule has 0 aliphatic carbocycles. The van der Waals surface area contributed by atoms with Crippen molar-refractivity contribution in [2.45, 2.75) is 18.6 Å². The lowest BCUT2D eigenvalue weighted by Crippen LogP contribution is -2.24. The van der Waals surface area contributed by atoms with E-state index in [1.54, 1.807) is 12.1 Å². The maximum atomic E-state index is 9.87. The van der Waals surface area contributed by atoms with Crippen LogP contribution < -0.4 is 15.2 Å². The molecule has 1 heterocycles. The normalized spacial score (nSPS) is 20.9. The summed E-state index contributed by atoms with van der Waals surface area (Å²) in [7, 11) is 1.53. The van der Waals surface area contributed by atoms with Gasteiger partial charge in [0, 0.05) is 18.0 Å². The van der Waals surface area contributed by atoms with Gasteiger partial charge < -0.3 is 20.3 Å². The summed E-state index contributed by atoms with van der Waals surface area (Å²) >= 11 is 0. The summed E-state index contributed by atoms with van der Waals surface area (Å²) in [6, 6.07) is 13.0. The van der Waals surface area contributed by atoms with Crippen molar-refractivity contribution in [3.63, 3.8) is 0 Å². The van der Waals surface area contributed by atoms with Crippen LogP contribution in [0.4, 0.5) is 0 Å². The Balaban J connectivity index is 1.91. The van der Waals surface area contributed by atoms with Gasteiger partial charge in [0.1, 0.15) is 11.9 Å². The Labute approximate surface area is 117 Å². The summed E-state index contributed by atoms with van der Waals surface area (Å²) in [6.07, 6.45) is 0.527. The molecule has 0 saturated carbocycles. The molecule has 0 radical (unpaired) electrons. The molecular formula is C16H17NO3. The summed E-state index contributed by atoms with van der Waals surface area (Å²) in [4.78, 5) is 0. The van der Waals surface area contributed by atoms with Crippen LogP contribution in [-0.4, -0.2) is 12.2 Å². The number of fused-ring (bicyclic) bond motifs is 1. The highest BCUT2D eigenvalue weighted by atomic mass is 16.5. The van der Waals surface area contributed by atoms with E-state index in [1.165, 1.54) is 7.11 Å². The van der Waals surface area contributed by atoms with Crippen molar-refractivity contribution in [2.24, 2.45) is 5.73 Å². The molecule has 0 aromatic heterocycles. The number of hydrogen-bond acceptors (Lipinski definition) is 4. The smallest absolute Gasteiger partial charge is 0.160 e. The fraction of sp³-hybridized carbons (Fsp3) is 0.250. The summed E-state index contributed by atoms with van der Waals surface area (Å²) in [6.45, 7) is 0. The van der Waals surface area contributed by atoms with E-state index in [-0.39, 0.29) is 17.9 Å². The number of ether oxygens (including phenoxy) is 2. The Bertz CT molecular complexity index is 627. The minimum atomic E-state index is -0.156. The van der Waals surface area contributed by atoms with E-state index in [4.69, 9.17) is 15.2 Å². The molecule has 0 spiro atoms. The monoisotopic (exact) mass is 271 g/mol. The SMILES string of the molecule is COc1ccc(C2C[C@H](N)c3ccccc3O2)cc1O. The molecule has 1 aliphatic rings. The Kier molecular flexibility index (Phi) is 3.24. The number of hydrogen-bond donors (Lipinski definition) is 2. The zero-order chi connectivity index (χ0) is 14.1. The lowest BCUT2D eigenvalue weighted by atomic mass is 9.93. The Morgan fingerprint density at radius 2 is 2.05 bits per heavy atom. The van der Waals surface area contributed by atoms with Crippen LogP contribution in [0.5, 0.6) is 17.2 Å². The second-order valence-corrected chi connectivity index (χ2v) is 4.92. The quantitative estimate of drug-likeness (QED) is 0.881. The Morgan fingerprint density at radius 1 is 1.25 bits per heavy atom. The minimum absolute atomic E-state index is 0.0609. The van der Waals surface area contributed by atoms with Crippen molar-refractivity contribution in [3.8, 4) is 17.2 Å². The molecule has 0 fully saturated rings. The molecule has 2 atom stereocenters. The molecule has 0 bridgehead atoms. The summed E-state index contributed by atoms with van der Waals surface area (Å²) in [5, 5.41) is 9.87. The van der Waals surface area contributed by atoms with Crippen LogP contribution in [0.3, 0.4) is 0 Å². The fourth-order valence-electron chi connectivity index (χ4n) is 2.56. The molecular weight excluding hydrogens is 254 g/mol. The van der Waals surface area contributed by atoms with Crippen molar-refractivity contribution in [1.29, 1.82) is 0 Å². The fourth-order valence-corrected chi connectivity index (χ4v) is 2.56. The van der Waals surface area contributed by atoms with E-state index in [0.717, 1.165) is 16.9 Å². The van der Waals surface area contributed by atoms with Gasteiger partial charge in [-0.3, -0.25) is 0 Å². The zero-order valence-electron chi connectivity index (χ0n) is 11.2. The molecule has 4 nitrogen and oxygen atoms in total. The van der Waals surface area contributed by atoms with E-state index in [2.05, 4.69) is 0 Å². The number of methoxy groups -OCH3 is 1. The average Bonchev–Trinajstić information content (AvgIpc) is 2.47. The Hall–Kier alpha value is -2.20. The standard InChI is InChI=1S/C16H17NO3/c1-19-15-7-6-10(8-13(15)18)16-9-12(17)11-4-2-3-5-14(11)20-16/h2-8,12,16,18H,9,17H2,1H3/t12-,16?/m0/s1. The predicted molar refractivity (Wildman–Crippen MR) is 76.0 cm³/mol. The highest BCUT2D eigenvalue weighted by Crippen LogP contribution is 2.41. The first kappa shape index (κ1) is 12.8. The number of aromatic hydroxyl groups is 1. The summed E-state index contributed by atoms with van der Waals surface area (Å²) < 4.78 is 11.0. The second kappa shape index (κ2) is 5.06. The maximum Gasteiger partial charge on any atom is 0.160 e. The predicted octanol–water partition coefficient (Wildman–Crippen LogP) is 2.92. The van der Waals surface area contributed by atoms with Crippen molar-refractivity contribution in [1.82, 2.24) is 0 Å². The molecule has 104 valence electrons. The third-order valence-electron chi connectivity index (χ3n) is 3.63. The van der Waals surface area contributed by atoms with Crippen LogP contribution in [0.15, 0.2) is 42.5 Å². The molecule has 2 aromatic carbocycles. The zero-order valence-corrected chi connectivity index (χ0v) is 11.2. The third kappa shape index (κ3) is 2.18. The lowest BCUT2D eigenvalue weighted by Gasteiger charge is -2.30. The highest BCUT2D eigenvalue weighted by Gasteiger charge is 2.27. The van der Waals surface area contributed by atoms with Crippen LogP contribution in [0, 0.1) is 0 Å². The summed E-state index contributed by atoms with van der Waals surface area (Å²) in [5.74, 6) is 1.38. The van der Waals surface area contributed by atoms with Crippen LogP contribution in [-0.2, 0) is 0 Å². The van der Waals surface area contributed by atoms with Gasteiger partial charge >= 0.3 is 0 Å². The first-order chi connectivity index (χ1) is 9.69. The van der Waals surface area contributed by atoms with E-state index in [1.807, 2.05) is 30.3 Å². The molecule has 4 heteroatoms. The Morgan fingerprint density at radius 3 is 2.80 bits per heavy atom. The number of phenols is 1. The average molecular weight is 271 g/mol. The van der Waals surface area contributed by atoms with E-state index >= 15 is 0 Å². The number of para-hydroxylation sites is 1. The van der Waals surface area contributed by atoms with Gasteiger partial charge in [-0.15, -0.1) is 0 Å². The molecule has 1 unspecified atom stereocenters. The topological polar surface area (TPSA) is 64.7 Å². The molecule has 0 saturated heterocycles. The first-order valence-electron chi connectivity index (χ1n) is 6.57. The second-order valence-electron chi connectivity index (χ2n) is 4.92. The van der Waals surface area contributed by atoms with Crippen molar-refractivity contribution in [2.75, 3.05) is 7.11 Å². The number of nitrogens with two attached hydrogens (primary N) is 1. The highest BCUT2D eigenvalue weighted by molar-refractivity contribution is 5.44. The largest absolute Gasteiger partial charge is 0.504 e. The van der Waals surface area contributed by atoms with Crippen LogP contribution in [0.1, 0.15) is 29.7 Å². The molecule has 1 aliphatic heterocycles. The van der Waals surface area contributed by atoms with E-state index in [9.17, 15) is 5.11 Å². The van der Waals surface area contributed by atoms with Gasteiger partial charge in [-0.25, -0.2) is 0 Å². The van der Waals surface area contributed by atoms with Crippen LogP contribution >= 0.6 is 0 Å². The van der Waals surface area contributed by atoms with Gasteiger partial charge in [0.15, 0.2) is 11.5 Å². The van der Waals surface area contributed by atoms with Gasteiger partial charge in [-0.05, 0) is 23.8 Å². The summed E-state index contributed by atoms with van der Waals surface area (Å²) in [5.41, 5.74) is 8.13. The molecule has 2 aromatic rings. The van der Waals surface area contributed by atoms with Gasteiger partial charge in [0.25, 0.3) is 0 Å². The van der Waals surface area contributed by atoms with Crippen molar-refractivity contribution in [3.05, 3.63) is 53.6 Å². The molecule has 0 amide bonds. The maximum absolute atomic E-state index is 9.87. The first-order valence-corrected chi connectivity index (χ1v) is 6.57. The minimum Gasteiger partial charge on any atom is -0.504 e. The van der Waals surface area contributed by atoms with Crippen molar-refractivity contribution >= 4 is 0 Å². The van der Waals surface area contributed by atoms with E-state index in [0.29, 0.717) is 12.2 Å². The molecule has 20 heavy (non-hydrogen) atoms. The molecule has 3 N–H and O–H groups in total. The van der Waals surface area contributed by atoms with E-state index < -0.39 is 0 Å². The number of rotatable bonds is 2. The van der Waals surface area contributed by atoms with Crippen LogP contribution in [0.2, 0.25) is 0 Å². The number of phenolic OH excluding ortho intramolecular Hbond substituents is 1. The lowest BCUT2D eigenvalue weighted by molar-refractivity contribution is 0.161. The van der Waals surface area contributed by atoms with Gasteiger partial charge in [-0.2, -0.15) is 0 Å². The van der Waals surface area contributed by atoms with Crippen LogP contribution in [0.25, 0.3) is 0 Å².